The molecule has 0 aromatic carbocycles. The van der Waals surface area contributed by atoms with Gasteiger partial charge in [0, 0.05) is 25.2 Å². The highest BCUT2D eigenvalue weighted by Crippen LogP contribution is 2.31. The van der Waals surface area contributed by atoms with Crippen LogP contribution in [0.2, 0.25) is 0 Å². The van der Waals surface area contributed by atoms with E-state index >= 15 is 0 Å². The summed E-state index contributed by atoms with van der Waals surface area (Å²) in [7, 11) is 1.56. The van der Waals surface area contributed by atoms with Crippen LogP contribution in [0, 0.1) is 0 Å². The van der Waals surface area contributed by atoms with Crippen LogP contribution < -0.4 is 10.1 Å². The van der Waals surface area contributed by atoms with E-state index in [1.54, 1.807) is 7.11 Å². The van der Waals surface area contributed by atoms with Gasteiger partial charge in [0.25, 0.3) is 5.91 Å². The fraction of sp³-hybridized carbons (Fsp3) is 0.611. The van der Waals surface area contributed by atoms with Gasteiger partial charge in [-0.05, 0) is 43.7 Å². The van der Waals surface area contributed by atoms with E-state index in [-0.39, 0.29) is 12.0 Å². The lowest BCUT2D eigenvalue weighted by molar-refractivity contribution is 0.0438. The Bertz CT molecular complexity index is 721. The number of rotatable bonds is 2. The van der Waals surface area contributed by atoms with E-state index in [0.29, 0.717) is 37.5 Å². The van der Waals surface area contributed by atoms with Crippen LogP contribution in [-0.4, -0.2) is 54.2 Å². The SMILES string of the molecule is COc1nc2c(cc1C(=O)N1CCC[C@@]3(CC1)CNC(=O)O3)CCC2. The molecule has 0 unspecified atom stereocenters. The number of hydrogen-bond donors (Lipinski definition) is 1. The molecule has 1 aliphatic carbocycles. The number of fused-ring (bicyclic) bond motifs is 1. The highest BCUT2D eigenvalue weighted by Gasteiger charge is 2.42. The summed E-state index contributed by atoms with van der Waals surface area (Å²) in [6, 6.07) is 1.95. The van der Waals surface area contributed by atoms with Gasteiger partial charge in [0.2, 0.25) is 5.88 Å². The lowest BCUT2D eigenvalue weighted by Gasteiger charge is -2.25. The average Bonchev–Trinajstić information content (AvgIpc) is 3.16. The molecule has 1 N–H and O–H groups in total. The number of pyridine rings is 1. The average molecular weight is 345 g/mol. The van der Waals surface area contributed by atoms with Crippen molar-refractivity contribution in [2.75, 3.05) is 26.7 Å². The van der Waals surface area contributed by atoms with Gasteiger partial charge in [0.15, 0.2) is 0 Å². The molecule has 3 heterocycles. The maximum Gasteiger partial charge on any atom is 0.407 e. The van der Waals surface area contributed by atoms with Crippen molar-refractivity contribution in [3.63, 3.8) is 0 Å². The number of carbonyl (C=O) groups is 2. The molecule has 7 nitrogen and oxygen atoms in total. The number of hydrogen-bond acceptors (Lipinski definition) is 5. The maximum absolute atomic E-state index is 13.1. The quantitative estimate of drug-likeness (QED) is 0.882. The number of amides is 2. The number of aromatic nitrogens is 1. The first-order valence-corrected chi connectivity index (χ1v) is 8.93. The molecule has 2 aliphatic heterocycles. The fourth-order valence-corrected chi connectivity index (χ4v) is 4.08. The standard InChI is InChI=1S/C18H23N3O4/c1-24-15-13(10-12-4-2-5-14(12)20-15)16(22)21-8-3-6-18(7-9-21)11-19-17(23)25-18/h10H,2-9,11H2,1H3,(H,19,23)/t18-/m1/s1. The molecule has 7 heteroatoms. The molecule has 134 valence electrons. The molecule has 1 atom stereocenters. The zero-order chi connectivity index (χ0) is 17.4. The van der Waals surface area contributed by atoms with Crippen LogP contribution in [0.3, 0.4) is 0 Å². The molecule has 4 rings (SSSR count). The van der Waals surface area contributed by atoms with E-state index in [4.69, 9.17) is 9.47 Å². The highest BCUT2D eigenvalue weighted by molar-refractivity contribution is 5.96. The first-order chi connectivity index (χ1) is 12.1. The Balaban J connectivity index is 1.54. The summed E-state index contributed by atoms with van der Waals surface area (Å²) in [6.07, 6.45) is 4.87. The van der Waals surface area contributed by atoms with Crippen molar-refractivity contribution in [2.45, 2.75) is 44.1 Å². The molecular formula is C18H23N3O4. The number of ether oxygens (including phenoxy) is 2. The lowest BCUT2D eigenvalue weighted by Crippen LogP contribution is -2.36. The van der Waals surface area contributed by atoms with Crippen molar-refractivity contribution in [1.29, 1.82) is 0 Å². The van der Waals surface area contributed by atoms with Gasteiger partial charge in [-0.15, -0.1) is 0 Å². The smallest absolute Gasteiger partial charge is 0.407 e. The Morgan fingerprint density at radius 2 is 2.20 bits per heavy atom. The minimum Gasteiger partial charge on any atom is -0.480 e. The third-order valence-corrected chi connectivity index (χ3v) is 5.49. The Labute approximate surface area is 146 Å². The first kappa shape index (κ1) is 16.2. The number of nitrogens with zero attached hydrogens (tertiary/aromatic N) is 2. The normalized spacial score (nSPS) is 25.3. The number of methoxy groups -OCH3 is 1. The molecule has 0 bridgehead atoms. The molecule has 2 fully saturated rings. The van der Waals surface area contributed by atoms with Gasteiger partial charge in [0.1, 0.15) is 11.2 Å². The molecule has 1 aromatic rings. The van der Waals surface area contributed by atoms with Gasteiger partial charge in [-0.2, -0.15) is 0 Å². The molecule has 3 aliphatic rings. The number of aryl methyl sites for hydroxylation is 2. The van der Waals surface area contributed by atoms with Crippen LogP contribution in [0.4, 0.5) is 4.79 Å². The van der Waals surface area contributed by atoms with Crippen LogP contribution >= 0.6 is 0 Å². The molecule has 0 saturated carbocycles. The summed E-state index contributed by atoms with van der Waals surface area (Å²) in [5.41, 5.74) is 2.28. The fourth-order valence-electron chi connectivity index (χ4n) is 4.08. The van der Waals surface area contributed by atoms with Gasteiger partial charge >= 0.3 is 6.09 Å². The van der Waals surface area contributed by atoms with Crippen LogP contribution in [-0.2, 0) is 17.6 Å². The molecule has 0 radical (unpaired) electrons. The van der Waals surface area contributed by atoms with E-state index in [1.807, 2.05) is 11.0 Å². The minimum absolute atomic E-state index is 0.0478. The van der Waals surface area contributed by atoms with E-state index in [1.165, 1.54) is 0 Å². The summed E-state index contributed by atoms with van der Waals surface area (Å²) >= 11 is 0. The van der Waals surface area contributed by atoms with Gasteiger partial charge in [-0.1, -0.05) is 0 Å². The van der Waals surface area contributed by atoms with Crippen molar-refractivity contribution < 1.29 is 19.1 Å². The predicted molar refractivity (Wildman–Crippen MR) is 89.8 cm³/mol. The zero-order valence-corrected chi connectivity index (χ0v) is 14.5. The van der Waals surface area contributed by atoms with Crippen LogP contribution in [0.1, 0.15) is 47.3 Å². The number of alkyl carbamates (subject to hydrolysis) is 1. The van der Waals surface area contributed by atoms with Crippen molar-refractivity contribution in [3.8, 4) is 5.88 Å². The summed E-state index contributed by atoms with van der Waals surface area (Å²) in [6.45, 7) is 1.74. The van der Waals surface area contributed by atoms with Crippen molar-refractivity contribution in [3.05, 3.63) is 22.9 Å². The first-order valence-electron chi connectivity index (χ1n) is 8.93. The Morgan fingerprint density at radius 1 is 1.32 bits per heavy atom. The Hall–Kier alpha value is -2.31. The van der Waals surface area contributed by atoms with Gasteiger partial charge in [-0.25, -0.2) is 9.78 Å². The molecule has 1 aromatic heterocycles. The minimum atomic E-state index is -0.466. The van der Waals surface area contributed by atoms with Gasteiger partial charge < -0.3 is 19.7 Å². The van der Waals surface area contributed by atoms with Crippen LogP contribution in [0.5, 0.6) is 5.88 Å². The summed E-state index contributed by atoms with van der Waals surface area (Å²) < 4.78 is 10.9. The van der Waals surface area contributed by atoms with Crippen LogP contribution in [0.25, 0.3) is 0 Å². The maximum atomic E-state index is 13.1. The molecule has 2 saturated heterocycles. The van der Waals surface area contributed by atoms with Gasteiger partial charge in [0.05, 0.1) is 13.7 Å². The predicted octanol–water partition coefficient (Wildman–Crippen LogP) is 1.68. The largest absolute Gasteiger partial charge is 0.480 e. The third kappa shape index (κ3) is 2.92. The Morgan fingerprint density at radius 3 is 2.96 bits per heavy atom. The summed E-state index contributed by atoms with van der Waals surface area (Å²) in [4.78, 5) is 30.9. The lowest BCUT2D eigenvalue weighted by atomic mass is 9.95. The van der Waals surface area contributed by atoms with Gasteiger partial charge in [-0.3, -0.25) is 4.79 Å². The summed E-state index contributed by atoms with van der Waals surface area (Å²) in [5.74, 6) is 0.368. The second-order valence-corrected chi connectivity index (χ2v) is 7.08. The van der Waals surface area contributed by atoms with Crippen molar-refractivity contribution >= 4 is 12.0 Å². The molecular weight excluding hydrogens is 322 g/mol. The molecule has 1 spiro atoms. The zero-order valence-electron chi connectivity index (χ0n) is 14.5. The monoisotopic (exact) mass is 345 g/mol. The molecule has 25 heavy (non-hydrogen) atoms. The second-order valence-electron chi connectivity index (χ2n) is 7.08. The third-order valence-electron chi connectivity index (χ3n) is 5.49. The van der Waals surface area contributed by atoms with Crippen LogP contribution in [0.15, 0.2) is 6.07 Å². The highest BCUT2D eigenvalue weighted by atomic mass is 16.6. The number of likely N-dealkylation sites (tertiary alicyclic amines) is 1. The van der Waals surface area contributed by atoms with E-state index in [9.17, 15) is 9.59 Å². The second kappa shape index (κ2) is 6.20. The van der Waals surface area contributed by atoms with Crippen molar-refractivity contribution in [2.24, 2.45) is 0 Å². The van der Waals surface area contributed by atoms with E-state index < -0.39 is 5.60 Å². The number of nitrogens with one attached hydrogen (secondary N) is 1. The topological polar surface area (TPSA) is 80.8 Å². The Kier molecular flexibility index (Phi) is 4.01. The summed E-state index contributed by atoms with van der Waals surface area (Å²) in [5, 5.41) is 2.74. The number of carbonyl (C=O) groups excluding carboxylic acids is 2. The molecule has 2 amide bonds. The van der Waals surface area contributed by atoms with E-state index in [0.717, 1.165) is 43.4 Å². The van der Waals surface area contributed by atoms with Crippen molar-refractivity contribution in [1.82, 2.24) is 15.2 Å². The van der Waals surface area contributed by atoms with E-state index in [2.05, 4.69) is 10.3 Å².